The summed E-state index contributed by atoms with van der Waals surface area (Å²) >= 11 is 3.42. The number of H-pyrrole nitrogens is 1. The fourth-order valence-electron chi connectivity index (χ4n) is 1.46. The van der Waals surface area contributed by atoms with Crippen molar-refractivity contribution in [1.29, 1.82) is 0 Å². The van der Waals surface area contributed by atoms with Gasteiger partial charge < -0.3 is 16.0 Å². The van der Waals surface area contributed by atoms with Crippen molar-refractivity contribution in [3.63, 3.8) is 0 Å². The SMILES string of the molecule is CNC(N)=NC(=O)c1cc2c(Br)cccc2[nH]1.Cl. The highest BCUT2D eigenvalue weighted by molar-refractivity contribution is 9.10. The average Bonchev–Trinajstić information content (AvgIpc) is 2.74. The molecule has 0 unspecified atom stereocenters. The number of guanidine groups is 1. The summed E-state index contributed by atoms with van der Waals surface area (Å²) in [5.41, 5.74) is 6.71. The predicted molar refractivity (Wildman–Crippen MR) is 78.3 cm³/mol. The maximum atomic E-state index is 11.7. The van der Waals surface area contributed by atoms with Crippen molar-refractivity contribution in [3.05, 3.63) is 34.4 Å². The summed E-state index contributed by atoms with van der Waals surface area (Å²) in [4.78, 5) is 18.4. The third-order valence-electron chi connectivity index (χ3n) is 2.32. The van der Waals surface area contributed by atoms with Gasteiger partial charge in [-0.1, -0.05) is 22.0 Å². The molecule has 7 heteroatoms. The molecule has 1 aromatic carbocycles. The Kier molecular flexibility index (Phi) is 4.75. The number of nitrogens with one attached hydrogen (secondary N) is 2. The smallest absolute Gasteiger partial charge is 0.296 e. The highest BCUT2D eigenvalue weighted by atomic mass is 79.9. The highest BCUT2D eigenvalue weighted by Crippen LogP contribution is 2.24. The predicted octanol–water partition coefficient (Wildman–Crippen LogP) is 2.03. The van der Waals surface area contributed by atoms with E-state index in [1.165, 1.54) is 0 Å². The van der Waals surface area contributed by atoms with Crippen LogP contribution in [0.4, 0.5) is 0 Å². The van der Waals surface area contributed by atoms with E-state index < -0.39 is 5.91 Å². The van der Waals surface area contributed by atoms with Gasteiger partial charge in [-0.3, -0.25) is 4.79 Å². The normalized spacial score (nSPS) is 11.1. The van der Waals surface area contributed by atoms with Crippen LogP contribution in [0.25, 0.3) is 10.9 Å². The zero-order valence-electron chi connectivity index (χ0n) is 9.53. The minimum absolute atomic E-state index is 0. The third-order valence-corrected chi connectivity index (χ3v) is 3.01. The summed E-state index contributed by atoms with van der Waals surface area (Å²) < 4.78 is 0.927. The van der Waals surface area contributed by atoms with Gasteiger partial charge in [0, 0.05) is 22.4 Å². The minimum Gasteiger partial charge on any atom is -0.370 e. The lowest BCUT2D eigenvalue weighted by Crippen LogP contribution is -2.28. The summed E-state index contributed by atoms with van der Waals surface area (Å²) in [5.74, 6) is -0.312. The number of fused-ring (bicyclic) bond motifs is 1. The maximum Gasteiger partial charge on any atom is 0.296 e. The lowest BCUT2D eigenvalue weighted by Gasteiger charge is -1.95. The topological polar surface area (TPSA) is 83.3 Å². The molecule has 0 aliphatic carbocycles. The van der Waals surface area contributed by atoms with E-state index in [1.54, 1.807) is 13.1 Å². The second-order valence-corrected chi connectivity index (χ2v) is 4.29. The first-order chi connectivity index (χ1) is 8.11. The summed E-state index contributed by atoms with van der Waals surface area (Å²) in [7, 11) is 1.61. The number of amides is 1. The maximum absolute atomic E-state index is 11.7. The van der Waals surface area contributed by atoms with E-state index >= 15 is 0 Å². The summed E-state index contributed by atoms with van der Waals surface area (Å²) in [6.45, 7) is 0. The number of hydrogen-bond acceptors (Lipinski definition) is 1. The van der Waals surface area contributed by atoms with Crippen LogP contribution >= 0.6 is 28.3 Å². The van der Waals surface area contributed by atoms with Crippen LogP contribution in [0, 0.1) is 0 Å². The van der Waals surface area contributed by atoms with Gasteiger partial charge in [0.15, 0.2) is 5.96 Å². The molecule has 5 nitrogen and oxygen atoms in total. The van der Waals surface area contributed by atoms with E-state index in [-0.39, 0.29) is 18.4 Å². The number of halogens is 2. The molecule has 0 saturated heterocycles. The van der Waals surface area contributed by atoms with Crippen LogP contribution in [0.3, 0.4) is 0 Å². The number of hydrogen-bond donors (Lipinski definition) is 3. The molecule has 0 aliphatic heterocycles. The molecule has 96 valence electrons. The van der Waals surface area contributed by atoms with Crippen LogP contribution in [-0.2, 0) is 0 Å². The van der Waals surface area contributed by atoms with Crippen molar-refractivity contribution in [2.75, 3.05) is 7.05 Å². The number of carbonyl (C=O) groups excluding carboxylic acids is 1. The fourth-order valence-corrected chi connectivity index (χ4v) is 1.94. The Balaban J connectivity index is 0.00000162. The largest absolute Gasteiger partial charge is 0.370 e. The number of aliphatic imine (C=N–C) groups is 1. The van der Waals surface area contributed by atoms with Crippen LogP contribution in [0.2, 0.25) is 0 Å². The van der Waals surface area contributed by atoms with Gasteiger partial charge in [0.05, 0.1) is 0 Å². The second kappa shape index (κ2) is 5.88. The second-order valence-electron chi connectivity index (χ2n) is 3.44. The molecule has 0 radical (unpaired) electrons. The van der Waals surface area contributed by atoms with Crippen LogP contribution < -0.4 is 11.1 Å². The van der Waals surface area contributed by atoms with Gasteiger partial charge in [0.25, 0.3) is 5.91 Å². The summed E-state index contributed by atoms with van der Waals surface area (Å²) in [6, 6.07) is 7.44. The first-order valence-electron chi connectivity index (χ1n) is 4.95. The number of aromatic nitrogens is 1. The summed E-state index contributed by atoms with van der Waals surface area (Å²) in [5, 5.41) is 3.53. The quantitative estimate of drug-likeness (QED) is 0.552. The molecule has 2 aromatic rings. The van der Waals surface area contributed by atoms with Gasteiger partial charge in [-0.05, 0) is 18.2 Å². The van der Waals surface area contributed by atoms with E-state index in [1.807, 2.05) is 18.2 Å². The molecule has 0 atom stereocenters. The first kappa shape index (κ1) is 14.5. The molecule has 0 bridgehead atoms. The van der Waals surface area contributed by atoms with Crippen LogP contribution in [0.1, 0.15) is 10.5 Å². The molecular formula is C11H12BrClN4O. The van der Waals surface area contributed by atoms with Crippen LogP contribution in [0.5, 0.6) is 0 Å². The molecule has 0 spiro atoms. The zero-order valence-corrected chi connectivity index (χ0v) is 11.9. The molecule has 18 heavy (non-hydrogen) atoms. The number of rotatable bonds is 1. The molecular weight excluding hydrogens is 320 g/mol. The van der Waals surface area contributed by atoms with Crippen molar-refractivity contribution in [1.82, 2.24) is 10.3 Å². The van der Waals surface area contributed by atoms with Gasteiger partial charge in [-0.15, -0.1) is 12.4 Å². The van der Waals surface area contributed by atoms with E-state index in [4.69, 9.17) is 5.73 Å². The molecule has 1 amide bonds. The van der Waals surface area contributed by atoms with Crippen molar-refractivity contribution < 1.29 is 4.79 Å². The molecule has 0 fully saturated rings. The molecule has 0 aliphatic rings. The number of benzene rings is 1. The Morgan fingerprint density at radius 1 is 1.50 bits per heavy atom. The Bertz CT molecular complexity index is 608. The molecule has 1 aromatic heterocycles. The van der Waals surface area contributed by atoms with E-state index in [2.05, 4.69) is 31.2 Å². The van der Waals surface area contributed by atoms with Crippen LogP contribution in [0.15, 0.2) is 33.7 Å². The van der Waals surface area contributed by atoms with Gasteiger partial charge in [0.1, 0.15) is 5.69 Å². The van der Waals surface area contributed by atoms with Crippen LogP contribution in [-0.4, -0.2) is 23.9 Å². The Morgan fingerprint density at radius 2 is 2.22 bits per heavy atom. The van der Waals surface area contributed by atoms with Crippen molar-refractivity contribution in [2.24, 2.45) is 10.7 Å². The van der Waals surface area contributed by atoms with Gasteiger partial charge in [-0.2, -0.15) is 4.99 Å². The number of nitrogens with two attached hydrogens (primary N) is 1. The standard InChI is InChI=1S/C11H11BrN4O.ClH/c1-14-11(13)16-10(17)9-5-6-7(12)3-2-4-8(6)15-9;/h2-5,15H,1H3,(H3,13,14,16,17);1H. The molecule has 0 saturated carbocycles. The van der Waals surface area contributed by atoms with Crippen molar-refractivity contribution in [2.45, 2.75) is 0 Å². The van der Waals surface area contributed by atoms with E-state index in [0.29, 0.717) is 5.69 Å². The van der Waals surface area contributed by atoms with E-state index in [9.17, 15) is 4.79 Å². The fraction of sp³-hybridized carbons (Fsp3) is 0.0909. The van der Waals surface area contributed by atoms with Crippen molar-refractivity contribution in [3.8, 4) is 0 Å². The lowest BCUT2D eigenvalue weighted by atomic mass is 10.2. The molecule has 2 rings (SSSR count). The minimum atomic E-state index is -0.403. The van der Waals surface area contributed by atoms with Gasteiger partial charge >= 0.3 is 0 Å². The Hall–Kier alpha value is -1.53. The number of aromatic amines is 1. The molecule has 4 N–H and O–H groups in total. The lowest BCUT2D eigenvalue weighted by molar-refractivity contribution is 0.0998. The monoisotopic (exact) mass is 330 g/mol. The number of nitrogens with zero attached hydrogens (tertiary/aromatic N) is 1. The van der Waals surface area contributed by atoms with Gasteiger partial charge in [0.2, 0.25) is 0 Å². The molecule has 1 heterocycles. The van der Waals surface area contributed by atoms with E-state index in [0.717, 1.165) is 15.4 Å². The third kappa shape index (κ3) is 2.83. The number of carbonyl (C=O) groups is 1. The average molecular weight is 332 g/mol. The Morgan fingerprint density at radius 3 is 2.83 bits per heavy atom. The Labute approximate surface area is 118 Å². The first-order valence-corrected chi connectivity index (χ1v) is 5.74. The van der Waals surface area contributed by atoms with Crippen molar-refractivity contribution >= 4 is 51.1 Å². The highest BCUT2D eigenvalue weighted by Gasteiger charge is 2.10. The summed E-state index contributed by atoms with van der Waals surface area (Å²) in [6.07, 6.45) is 0. The van der Waals surface area contributed by atoms with Gasteiger partial charge in [-0.25, -0.2) is 0 Å². The zero-order chi connectivity index (χ0) is 12.4.